The Morgan fingerprint density at radius 1 is 1.12 bits per heavy atom. The maximum Gasteiger partial charge on any atom is 0.348 e. The van der Waals surface area contributed by atoms with Crippen LogP contribution >= 0.6 is 22.9 Å². The molecule has 168 valence electrons. The number of anilines is 1. The number of hydrogen-bond donors (Lipinski definition) is 1. The Kier molecular flexibility index (Phi) is 6.86. The maximum absolute atomic E-state index is 13.0. The number of amides is 1. The highest BCUT2D eigenvalue weighted by atomic mass is 35.5. The Balaban J connectivity index is 1.47. The fourth-order valence-corrected chi connectivity index (χ4v) is 4.49. The van der Waals surface area contributed by atoms with Gasteiger partial charge in [0, 0.05) is 17.1 Å². The van der Waals surface area contributed by atoms with Gasteiger partial charge in [-0.3, -0.25) is 14.2 Å². The summed E-state index contributed by atoms with van der Waals surface area (Å²) in [4.78, 5) is 43.0. The molecule has 0 fully saturated rings. The molecule has 2 aromatic carbocycles. The average molecular weight is 482 g/mol. The molecule has 0 bridgehead atoms. The zero-order valence-corrected chi connectivity index (χ0v) is 19.3. The van der Waals surface area contributed by atoms with Crippen molar-refractivity contribution < 1.29 is 14.3 Å². The molecule has 0 atom stereocenters. The molecule has 4 aromatic rings. The molecule has 1 amide bonds. The van der Waals surface area contributed by atoms with Gasteiger partial charge < -0.3 is 10.1 Å². The lowest BCUT2D eigenvalue weighted by molar-refractivity contribution is -0.116. The monoisotopic (exact) mass is 481 g/mol. The molecule has 0 radical (unpaired) electrons. The summed E-state index contributed by atoms with van der Waals surface area (Å²) in [5.74, 6) is -0.869. The van der Waals surface area contributed by atoms with Crippen LogP contribution in [0.25, 0.3) is 10.2 Å². The van der Waals surface area contributed by atoms with Gasteiger partial charge in [-0.1, -0.05) is 41.9 Å². The molecule has 0 aliphatic rings. The van der Waals surface area contributed by atoms with Crippen LogP contribution in [0.4, 0.5) is 5.69 Å². The molecule has 33 heavy (non-hydrogen) atoms. The number of esters is 1. The zero-order chi connectivity index (χ0) is 23.4. The van der Waals surface area contributed by atoms with E-state index in [9.17, 15) is 14.4 Å². The van der Waals surface area contributed by atoms with Crippen molar-refractivity contribution in [3.63, 3.8) is 0 Å². The summed E-state index contributed by atoms with van der Waals surface area (Å²) in [6, 6.07) is 16.4. The Morgan fingerprint density at radius 3 is 2.58 bits per heavy atom. The number of carbonyl (C=O) groups excluding carboxylic acids is 2. The summed E-state index contributed by atoms with van der Waals surface area (Å²) < 4.78 is 6.63. The number of nitrogens with zero attached hydrogens (tertiary/aromatic N) is 2. The number of halogens is 1. The number of benzene rings is 2. The van der Waals surface area contributed by atoms with Crippen molar-refractivity contribution >= 4 is 50.7 Å². The van der Waals surface area contributed by atoms with Gasteiger partial charge in [-0.05, 0) is 42.3 Å². The van der Waals surface area contributed by atoms with Crippen molar-refractivity contribution in [2.45, 2.75) is 19.9 Å². The van der Waals surface area contributed by atoms with E-state index in [1.807, 2.05) is 30.3 Å². The summed E-state index contributed by atoms with van der Waals surface area (Å²) in [6.07, 6.45) is 1.91. The molecule has 4 rings (SSSR count). The number of ether oxygens (including phenoxy) is 1. The second-order valence-corrected chi connectivity index (χ2v) is 8.78. The Hall–Kier alpha value is -3.49. The summed E-state index contributed by atoms with van der Waals surface area (Å²) in [6.45, 7) is 1.71. The molecule has 9 heteroatoms. The first kappa shape index (κ1) is 22.7. The van der Waals surface area contributed by atoms with Crippen molar-refractivity contribution in [3.05, 3.63) is 92.3 Å². The van der Waals surface area contributed by atoms with Crippen molar-refractivity contribution in [1.82, 2.24) is 9.55 Å². The van der Waals surface area contributed by atoms with Crippen LogP contribution in [0, 0.1) is 6.92 Å². The van der Waals surface area contributed by atoms with Crippen LogP contribution < -0.4 is 10.9 Å². The van der Waals surface area contributed by atoms with Crippen LogP contribution in [-0.2, 0) is 22.5 Å². The average Bonchev–Trinajstić information content (AvgIpc) is 3.15. The van der Waals surface area contributed by atoms with Crippen LogP contribution in [-0.4, -0.2) is 28.0 Å². The summed E-state index contributed by atoms with van der Waals surface area (Å²) in [5, 5.41) is 3.58. The van der Waals surface area contributed by atoms with Gasteiger partial charge in [0.05, 0.1) is 18.3 Å². The SMILES string of the molecule is Cc1c(C(=O)OCCc2ccccc2)sc2ncn(CC(=O)Nc3ccc(Cl)cc3)c(=O)c12. The zero-order valence-electron chi connectivity index (χ0n) is 17.7. The molecule has 0 spiro atoms. The van der Waals surface area contributed by atoms with E-state index < -0.39 is 5.97 Å². The number of thiophene rings is 1. The summed E-state index contributed by atoms with van der Waals surface area (Å²) in [5.41, 5.74) is 1.76. The van der Waals surface area contributed by atoms with E-state index in [1.54, 1.807) is 31.2 Å². The predicted octanol–water partition coefficient (Wildman–Crippen LogP) is 4.46. The lowest BCUT2D eigenvalue weighted by Crippen LogP contribution is -2.27. The van der Waals surface area contributed by atoms with E-state index in [0.717, 1.165) is 16.9 Å². The first-order valence-corrected chi connectivity index (χ1v) is 11.4. The van der Waals surface area contributed by atoms with Gasteiger partial charge in [0.25, 0.3) is 5.56 Å². The van der Waals surface area contributed by atoms with Crippen molar-refractivity contribution in [2.24, 2.45) is 0 Å². The van der Waals surface area contributed by atoms with E-state index in [4.69, 9.17) is 16.3 Å². The fourth-order valence-electron chi connectivity index (χ4n) is 3.33. The smallest absolute Gasteiger partial charge is 0.348 e. The molecule has 0 unspecified atom stereocenters. The van der Waals surface area contributed by atoms with Crippen LogP contribution in [0.15, 0.2) is 65.7 Å². The van der Waals surface area contributed by atoms with Gasteiger partial charge in [0.1, 0.15) is 16.3 Å². The molecule has 0 saturated carbocycles. The maximum atomic E-state index is 13.0. The summed E-state index contributed by atoms with van der Waals surface area (Å²) >= 11 is 6.96. The van der Waals surface area contributed by atoms with E-state index in [-0.39, 0.29) is 24.6 Å². The topological polar surface area (TPSA) is 90.3 Å². The second kappa shape index (κ2) is 9.97. The van der Waals surface area contributed by atoms with Crippen molar-refractivity contribution in [3.8, 4) is 0 Å². The van der Waals surface area contributed by atoms with Gasteiger partial charge in [0.2, 0.25) is 5.91 Å². The minimum Gasteiger partial charge on any atom is -0.461 e. The van der Waals surface area contributed by atoms with Crippen LogP contribution in [0.3, 0.4) is 0 Å². The third kappa shape index (κ3) is 5.30. The van der Waals surface area contributed by atoms with E-state index >= 15 is 0 Å². The number of fused-ring (bicyclic) bond motifs is 1. The minimum absolute atomic E-state index is 0.212. The number of rotatable bonds is 7. The van der Waals surface area contributed by atoms with Crippen LogP contribution in [0.2, 0.25) is 5.02 Å². The predicted molar refractivity (Wildman–Crippen MR) is 129 cm³/mol. The van der Waals surface area contributed by atoms with E-state index in [0.29, 0.717) is 37.8 Å². The second-order valence-electron chi connectivity index (χ2n) is 7.34. The quantitative estimate of drug-likeness (QED) is 0.394. The molecule has 7 nitrogen and oxygen atoms in total. The molecule has 0 saturated heterocycles. The van der Waals surface area contributed by atoms with E-state index in [2.05, 4.69) is 10.3 Å². The number of aryl methyl sites for hydroxylation is 1. The molecule has 0 aliphatic carbocycles. The Morgan fingerprint density at radius 2 is 1.85 bits per heavy atom. The number of aromatic nitrogens is 2. The molecule has 0 aliphatic heterocycles. The first-order valence-electron chi connectivity index (χ1n) is 10.2. The third-order valence-electron chi connectivity index (χ3n) is 5.01. The van der Waals surface area contributed by atoms with Gasteiger partial charge in [-0.2, -0.15) is 0 Å². The molecule has 2 heterocycles. The van der Waals surface area contributed by atoms with Gasteiger partial charge in [-0.25, -0.2) is 9.78 Å². The highest BCUT2D eigenvalue weighted by Gasteiger charge is 2.21. The molecular weight excluding hydrogens is 462 g/mol. The van der Waals surface area contributed by atoms with Crippen LogP contribution in [0.1, 0.15) is 20.8 Å². The lowest BCUT2D eigenvalue weighted by Gasteiger charge is -2.07. The van der Waals surface area contributed by atoms with E-state index in [1.165, 1.54) is 10.9 Å². The van der Waals surface area contributed by atoms with Gasteiger partial charge in [0.15, 0.2) is 0 Å². The third-order valence-corrected chi connectivity index (χ3v) is 6.44. The highest BCUT2D eigenvalue weighted by Crippen LogP contribution is 2.27. The van der Waals surface area contributed by atoms with Crippen LogP contribution in [0.5, 0.6) is 0 Å². The normalized spacial score (nSPS) is 10.8. The molecular formula is C24H20ClN3O4S. The lowest BCUT2D eigenvalue weighted by atomic mass is 10.2. The van der Waals surface area contributed by atoms with Crippen molar-refractivity contribution in [2.75, 3.05) is 11.9 Å². The van der Waals surface area contributed by atoms with Crippen molar-refractivity contribution in [1.29, 1.82) is 0 Å². The number of nitrogens with one attached hydrogen (secondary N) is 1. The Labute approximate surface area is 198 Å². The molecule has 1 N–H and O–H groups in total. The number of hydrogen-bond acceptors (Lipinski definition) is 6. The van der Waals surface area contributed by atoms with Gasteiger partial charge >= 0.3 is 5.97 Å². The summed E-state index contributed by atoms with van der Waals surface area (Å²) in [7, 11) is 0. The standard InChI is InChI=1S/C24H20ClN3O4S/c1-15-20-22(33-21(15)24(31)32-12-11-16-5-3-2-4-6-16)26-14-28(23(20)30)13-19(29)27-18-9-7-17(25)8-10-18/h2-10,14H,11-13H2,1H3,(H,27,29). The number of carbonyl (C=O) groups is 2. The fraction of sp³-hybridized carbons (Fsp3) is 0.167. The highest BCUT2D eigenvalue weighted by molar-refractivity contribution is 7.20. The largest absolute Gasteiger partial charge is 0.461 e. The van der Waals surface area contributed by atoms with Gasteiger partial charge in [-0.15, -0.1) is 11.3 Å². The Bertz CT molecular complexity index is 1360. The molecule has 2 aromatic heterocycles. The first-order chi connectivity index (χ1) is 15.9. The minimum atomic E-state index is -0.488.